The van der Waals surface area contributed by atoms with Crippen LogP contribution in [0.2, 0.25) is 5.02 Å². The zero-order chi connectivity index (χ0) is 16.1. The number of hydrogen-bond acceptors (Lipinski definition) is 4. The number of hydrogen-bond donors (Lipinski definition) is 1. The van der Waals surface area contributed by atoms with E-state index in [1.807, 2.05) is 24.5 Å². The maximum Gasteiger partial charge on any atom is 0.203 e. The lowest BCUT2D eigenvalue weighted by atomic mass is 10.0. The van der Waals surface area contributed by atoms with E-state index in [0.29, 0.717) is 11.8 Å². The highest BCUT2D eigenvalue weighted by Gasteiger charge is 2.34. The first-order valence-electron chi connectivity index (χ1n) is 8.51. The fourth-order valence-electron chi connectivity index (χ4n) is 3.29. The Bertz CT molecular complexity index is 880. The number of halogens is 1. The molecular weight excluding hydrogens is 322 g/mol. The molecule has 0 bridgehead atoms. The van der Waals surface area contributed by atoms with Gasteiger partial charge in [0.1, 0.15) is 5.82 Å². The summed E-state index contributed by atoms with van der Waals surface area (Å²) in [6.45, 7) is 0. The molecule has 6 heteroatoms. The number of benzene rings is 1. The maximum absolute atomic E-state index is 6.03. The fourth-order valence-corrected chi connectivity index (χ4v) is 3.41. The van der Waals surface area contributed by atoms with Crippen LogP contribution in [0, 0.1) is 5.92 Å². The zero-order valence-corrected chi connectivity index (χ0v) is 13.9. The Morgan fingerprint density at radius 1 is 1.08 bits per heavy atom. The van der Waals surface area contributed by atoms with Crippen LogP contribution in [0.15, 0.2) is 36.7 Å². The van der Waals surface area contributed by atoms with Crippen LogP contribution in [-0.4, -0.2) is 19.6 Å². The van der Waals surface area contributed by atoms with Gasteiger partial charge in [-0.25, -0.2) is 4.98 Å². The SMILES string of the molecule is Clc1ccc(C(Nc2nccn3c(C4CC4)nnc23)C2CC2)cc1. The van der Waals surface area contributed by atoms with Gasteiger partial charge in [0.25, 0.3) is 0 Å². The summed E-state index contributed by atoms with van der Waals surface area (Å²) in [5.74, 6) is 3.07. The van der Waals surface area contributed by atoms with E-state index in [9.17, 15) is 0 Å². The highest BCUT2D eigenvalue weighted by Crippen LogP contribution is 2.43. The molecule has 1 unspecified atom stereocenters. The van der Waals surface area contributed by atoms with E-state index >= 15 is 0 Å². The Morgan fingerprint density at radius 3 is 2.58 bits per heavy atom. The summed E-state index contributed by atoms with van der Waals surface area (Å²) in [6, 6.07) is 8.33. The first kappa shape index (κ1) is 14.2. The van der Waals surface area contributed by atoms with Crippen molar-refractivity contribution in [2.45, 2.75) is 37.6 Å². The average Bonchev–Trinajstić information content (AvgIpc) is 3.52. The molecule has 1 N–H and O–H groups in total. The molecule has 2 aliphatic rings. The van der Waals surface area contributed by atoms with Crippen LogP contribution in [0.1, 0.15) is 49.0 Å². The summed E-state index contributed by atoms with van der Waals surface area (Å²) < 4.78 is 2.08. The molecule has 3 aromatic rings. The van der Waals surface area contributed by atoms with Crippen molar-refractivity contribution >= 4 is 23.1 Å². The predicted octanol–water partition coefficient (Wildman–Crippen LogP) is 4.22. The largest absolute Gasteiger partial charge is 0.360 e. The highest BCUT2D eigenvalue weighted by molar-refractivity contribution is 6.30. The number of nitrogens with zero attached hydrogens (tertiary/aromatic N) is 4. The number of rotatable bonds is 5. The lowest BCUT2D eigenvalue weighted by Crippen LogP contribution is -2.14. The molecule has 24 heavy (non-hydrogen) atoms. The van der Waals surface area contributed by atoms with Gasteiger partial charge in [-0.3, -0.25) is 4.40 Å². The van der Waals surface area contributed by atoms with Crippen molar-refractivity contribution in [2.75, 3.05) is 5.32 Å². The van der Waals surface area contributed by atoms with Gasteiger partial charge in [0.05, 0.1) is 6.04 Å². The van der Waals surface area contributed by atoms with Gasteiger partial charge in [-0.2, -0.15) is 0 Å². The summed E-state index contributed by atoms with van der Waals surface area (Å²) in [6.07, 6.45) is 8.69. The summed E-state index contributed by atoms with van der Waals surface area (Å²) >= 11 is 6.03. The molecule has 2 fully saturated rings. The second-order valence-corrected chi connectivity index (χ2v) is 7.25. The third-order valence-electron chi connectivity index (χ3n) is 4.91. The van der Waals surface area contributed by atoms with Gasteiger partial charge >= 0.3 is 0 Å². The highest BCUT2D eigenvalue weighted by atomic mass is 35.5. The van der Waals surface area contributed by atoms with Crippen LogP contribution in [0.3, 0.4) is 0 Å². The topological polar surface area (TPSA) is 55.1 Å². The molecule has 5 nitrogen and oxygen atoms in total. The van der Waals surface area contributed by atoms with Crippen molar-refractivity contribution < 1.29 is 0 Å². The van der Waals surface area contributed by atoms with E-state index in [-0.39, 0.29) is 6.04 Å². The van der Waals surface area contributed by atoms with Gasteiger partial charge in [0.2, 0.25) is 5.65 Å². The Balaban J connectivity index is 1.51. The molecule has 2 heterocycles. The average molecular weight is 340 g/mol. The van der Waals surface area contributed by atoms with Gasteiger partial charge in [0.15, 0.2) is 5.82 Å². The normalized spacial score (nSPS) is 18.7. The van der Waals surface area contributed by atoms with E-state index in [4.69, 9.17) is 11.6 Å². The van der Waals surface area contributed by atoms with Crippen LogP contribution in [0.25, 0.3) is 5.65 Å². The molecule has 0 aliphatic heterocycles. The van der Waals surface area contributed by atoms with Crippen molar-refractivity contribution in [1.82, 2.24) is 19.6 Å². The molecule has 2 aliphatic carbocycles. The Kier molecular flexibility index (Phi) is 3.23. The van der Waals surface area contributed by atoms with Crippen molar-refractivity contribution in [3.63, 3.8) is 0 Å². The first-order chi connectivity index (χ1) is 11.8. The van der Waals surface area contributed by atoms with E-state index in [1.165, 1.54) is 31.2 Å². The van der Waals surface area contributed by atoms with Crippen LogP contribution in [-0.2, 0) is 0 Å². The molecule has 0 amide bonds. The van der Waals surface area contributed by atoms with Crippen LogP contribution in [0.4, 0.5) is 5.82 Å². The van der Waals surface area contributed by atoms with Gasteiger partial charge in [-0.15, -0.1) is 10.2 Å². The molecule has 122 valence electrons. The third kappa shape index (κ3) is 2.53. The van der Waals surface area contributed by atoms with Crippen molar-refractivity contribution in [1.29, 1.82) is 0 Å². The summed E-state index contributed by atoms with van der Waals surface area (Å²) in [5, 5.41) is 13.2. The second-order valence-electron chi connectivity index (χ2n) is 6.81. The molecule has 1 atom stereocenters. The van der Waals surface area contributed by atoms with Gasteiger partial charge in [-0.1, -0.05) is 23.7 Å². The standard InChI is InChI=1S/C18H18ClN5/c19-14-7-5-12(6-8-14)15(11-1-2-11)21-16-18-23-22-17(13-3-4-13)24(18)10-9-20-16/h5-11,13,15H,1-4H2,(H,20,21). The smallest absolute Gasteiger partial charge is 0.203 e. The predicted molar refractivity (Wildman–Crippen MR) is 93.3 cm³/mol. The lowest BCUT2D eigenvalue weighted by molar-refractivity contribution is 0.675. The maximum atomic E-state index is 6.03. The lowest BCUT2D eigenvalue weighted by Gasteiger charge is -2.19. The second kappa shape index (κ2) is 5.45. The fraction of sp³-hybridized carbons (Fsp3) is 0.389. The quantitative estimate of drug-likeness (QED) is 0.756. The Hall–Kier alpha value is -2.14. The summed E-state index contributed by atoms with van der Waals surface area (Å²) in [5.41, 5.74) is 2.06. The minimum Gasteiger partial charge on any atom is -0.360 e. The van der Waals surface area contributed by atoms with E-state index < -0.39 is 0 Å². The number of fused-ring (bicyclic) bond motifs is 1. The number of aromatic nitrogens is 4. The van der Waals surface area contributed by atoms with E-state index in [0.717, 1.165) is 22.3 Å². The summed E-state index contributed by atoms with van der Waals surface area (Å²) in [7, 11) is 0. The van der Waals surface area contributed by atoms with E-state index in [2.05, 4.69) is 37.0 Å². The van der Waals surface area contributed by atoms with Crippen molar-refractivity contribution in [3.8, 4) is 0 Å². The van der Waals surface area contributed by atoms with Gasteiger partial charge < -0.3 is 5.32 Å². The number of anilines is 1. The summed E-state index contributed by atoms with van der Waals surface area (Å²) in [4.78, 5) is 4.53. The molecular formula is C18H18ClN5. The first-order valence-corrected chi connectivity index (χ1v) is 8.89. The minimum atomic E-state index is 0.238. The molecule has 5 rings (SSSR count). The van der Waals surface area contributed by atoms with Crippen LogP contribution >= 0.6 is 11.6 Å². The Morgan fingerprint density at radius 2 is 1.88 bits per heavy atom. The molecule has 2 aromatic heterocycles. The van der Waals surface area contributed by atoms with Crippen molar-refractivity contribution in [3.05, 3.63) is 53.1 Å². The van der Waals surface area contributed by atoms with Crippen LogP contribution < -0.4 is 5.32 Å². The third-order valence-corrected chi connectivity index (χ3v) is 5.16. The molecule has 1 aromatic carbocycles. The van der Waals surface area contributed by atoms with Gasteiger partial charge in [0, 0.05) is 23.3 Å². The molecule has 0 spiro atoms. The molecule has 0 radical (unpaired) electrons. The van der Waals surface area contributed by atoms with Crippen LogP contribution in [0.5, 0.6) is 0 Å². The minimum absolute atomic E-state index is 0.238. The number of nitrogens with one attached hydrogen (secondary N) is 1. The zero-order valence-electron chi connectivity index (χ0n) is 13.2. The Labute approximate surface area is 145 Å². The van der Waals surface area contributed by atoms with Crippen molar-refractivity contribution in [2.24, 2.45) is 5.92 Å². The monoisotopic (exact) mass is 339 g/mol. The van der Waals surface area contributed by atoms with E-state index in [1.54, 1.807) is 0 Å². The molecule has 0 saturated heterocycles. The molecule has 2 saturated carbocycles. The van der Waals surface area contributed by atoms with Gasteiger partial charge in [-0.05, 0) is 49.3 Å².